The number of methoxy groups -OCH3 is 1. The topological polar surface area (TPSA) is 105 Å². The predicted octanol–water partition coefficient (Wildman–Crippen LogP) is 1.71. The molecule has 1 aromatic carbocycles. The lowest BCUT2D eigenvalue weighted by molar-refractivity contribution is -0.385. The van der Waals surface area contributed by atoms with E-state index >= 15 is 0 Å². The van der Waals surface area contributed by atoms with Gasteiger partial charge in [0.2, 0.25) is 0 Å². The molecule has 0 saturated heterocycles. The smallest absolute Gasteiger partial charge is 0.325 e. The highest BCUT2D eigenvalue weighted by Crippen LogP contribution is 2.34. The second kappa shape index (κ2) is 5.69. The minimum Gasteiger partial charge on any atom is -0.490 e. The first-order valence-corrected chi connectivity index (χ1v) is 6.65. The van der Waals surface area contributed by atoms with Gasteiger partial charge >= 0.3 is 5.97 Å². The minimum atomic E-state index is -1.03. The fourth-order valence-corrected chi connectivity index (χ4v) is 2.53. The van der Waals surface area contributed by atoms with E-state index < -0.39 is 16.4 Å². The summed E-state index contributed by atoms with van der Waals surface area (Å²) in [5.41, 5.74) is 5.75. The van der Waals surface area contributed by atoms with Crippen LogP contribution >= 0.6 is 0 Å². The van der Waals surface area contributed by atoms with Crippen LogP contribution in [0.15, 0.2) is 18.2 Å². The Morgan fingerprint density at radius 1 is 1.52 bits per heavy atom. The van der Waals surface area contributed by atoms with Gasteiger partial charge in [-0.25, -0.2) is 0 Å². The van der Waals surface area contributed by atoms with Crippen LogP contribution in [0.4, 0.5) is 5.69 Å². The van der Waals surface area contributed by atoms with Crippen molar-refractivity contribution >= 4 is 11.7 Å². The molecule has 1 aliphatic carbocycles. The van der Waals surface area contributed by atoms with Gasteiger partial charge in [-0.2, -0.15) is 0 Å². The Bertz CT molecular complexity index is 574. The summed E-state index contributed by atoms with van der Waals surface area (Å²) in [6, 6.07) is 4.46. The summed E-state index contributed by atoms with van der Waals surface area (Å²) in [6.07, 6.45) is 1.16. The fourth-order valence-electron chi connectivity index (χ4n) is 2.53. The summed E-state index contributed by atoms with van der Waals surface area (Å²) in [5.74, 6) is -0.00678. The predicted molar refractivity (Wildman–Crippen MR) is 75.0 cm³/mol. The number of ether oxygens (including phenoxy) is 2. The maximum atomic E-state index is 11.7. The number of nitrogens with two attached hydrogens (primary N) is 1. The van der Waals surface area contributed by atoms with E-state index in [4.69, 9.17) is 15.2 Å². The molecule has 21 heavy (non-hydrogen) atoms. The molecule has 7 heteroatoms. The van der Waals surface area contributed by atoms with E-state index in [2.05, 4.69) is 0 Å². The number of rotatable bonds is 4. The lowest BCUT2D eigenvalue weighted by Crippen LogP contribution is -2.47. The summed E-state index contributed by atoms with van der Waals surface area (Å²) in [5, 5.41) is 10.8. The van der Waals surface area contributed by atoms with Crippen molar-refractivity contribution in [2.75, 3.05) is 7.11 Å². The van der Waals surface area contributed by atoms with Gasteiger partial charge in [-0.15, -0.1) is 0 Å². The largest absolute Gasteiger partial charge is 0.490 e. The number of carbonyl (C=O) groups is 1. The molecule has 0 amide bonds. The number of aryl methyl sites for hydroxylation is 1. The highest BCUT2D eigenvalue weighted by Gasteiger charge is 2.44. The van der Waals surface area contributed by atoms with Gasteiger partial charge in [0.05, 0.1) is 18.1 Å². The number of carbonyl (C=O) groups excluding carboxylic acids is 1. The van der Waals surface area contributed by atoms with Crippen molar-refractivity contribution in [1.82, 2.24) is 0 Å². The molecule has 2 atom stereocenters. The number of nitro groups is 1. The molecule has 0 aromatic heterocycles. The van der Waals surface area contributed by atoms with Gasteiger partial charge in [0.25, 0.3) is 5.69 Å². The third kappa shape index (κ3) is 3.13. The Labute approximate surface area is 122 Å². The summed E-state index contributed by atoms with van der Waals surface area (Å²) >= 11 is 0. The second-order valence-corrected chi connectivity index (χ2v) is 5.34. The monoisotopic (exact) mass is 294 g/mol. The first-order chi connectivity index (χ1) is 9.85. The summed E-state index contributed by atoms with van der Waals surface area (Å²) < 4.78 is 10.5. The average Bonchev–Trinajstić information content (AvgIpc) is 2.82. The number of hydrogen-bond acceptors (Lipinski definition) is 6. The summed E-state index contributed by atoms with van der Waals surface area (Å²) in [7, 11) is 1.30. The van der Waals surface area contributed by atoms with Gasteiger partial charge < -0.3 is 15.2 Å². The molecule has 0 radical (unpaired) electrons. The van der Waals surface area contributed by atoms with Crippen LogP contribution in [0.3, 0.4) is 0 Å². The fraction of sp³-hybridized carbons (Fsp3) is 0.500. The highest BCUT2D eigenvalue weighted by molar-refractivity contribution is 5.80. The Balaban J connectivity index is 2.12. The van der Waals surface area contributed by atoms with Crippen LogP contribution in [0.1, 0.15) is 24.8 Å². The van der Waals surface area contributed by atoms with Gasteiger partial charge in [0.1, 0.15) is 17.4 Å². The molecule has 0 aliphatic heterocycles. The molecule has 2 rings (SSSR count). The standard InChI is InChI=1S/C14H18N2O5/c1-9-3-4-10(16(18)19)7-12(9)21-11-5-6-14(15,8-11)13(17)20-2/h3-4,7,11H,5-6,8,15H2,1-2H3. The van der Waals surface area contributed by atoms with Crippen LogP contribution in [0.5, 0.6) is 5.75 Å². The number of hydrogen-bond donors (Lipinski definition) is 1. The quantitative estimate of drug-likeness (QED) is 0.515. The Hall–Kier alpha value is -2.15. The van der Waals surface area contributed by atoms with Crippen LogP contribution in [-0.4, -0.2) is 29.6 Å². The number of non-ortho nitro benzene ring substituents is 1. The van der Waals surface area contributed by atoms with E-state index in [0.29, 0.717) is 25.0 Å². The Morgan fingerprint density at radius 3 is 2.86 bits per heavy atom. The first kappa shape index (κ1) is 15.2. The van der Waals surface area contributed by atoms with E-state index in [1.807, 2.05) is 6.92 Å². The second-order valence-electron chi connectivity index (χ2n) is 5.34. The molecular formula is C14H18N2O5. The number of nitro benzene ring substituents is 1. The van der Waals surface area contributed by atoms with Crippen molar-refractivity contribution in [3.63, 3.8) is 0 Å². The molecule has 2 N–H and O–H groups in total. The van der Waals surface area contributed by atoms with Crippen molar-refractivity contribution in [3.8, 4) is 5.75 Å². The number of nitrogens with zero attached hydrogens (tertiary/aromatic N) is 1. The molecule has 1 aromatic rings. The molecule has 1 fully saturated rings. The highest BCUT2D eigenvalue weighted by atomic mass is 16.6. The van der Waals surface area contributed by atoms with E-state index in [-0.39, 0.29) is 11.8 Å². The van der Waals surface area contributed by atoms with Crippen LogP contribution in [-0.2, 0) is 9.53 Å². The van der Waals surface area contributed by atoms with Crippen molar-refractivity contribution in [2.24, 2.45) is 5.73 Å². The van der Waals surface area contributed by atoms with Gasteiger partial charge in [0.15, 0.2) is 0 Å². The van der Waals surface area contributed by atoms with E-state index in [1.165, 1.54) is 19.2 Å². The van der Waals surface area contributed by atoms with Crippen molar-refractivity contribution in [1.29, 1.82) is 0 Å². The van der Waals surface area contributed by atoms with Crippen molar-refractivity contribution in [2.45, 2.75) is 37.8 Å². The molecule has 1 aliphatic rings. The molecule has 7 nitrogen and oxygen atoms in total. The van der Waals surface area contributed by atoms with Gasteiger partial charge in [0, 0.05) is 12.5 Å². The minimum absolute atomic E-state index is 0.0272. The van der Waals surface area contributed by atoms with Gasteiger partial charge in [-0.05, 0) is 31.4 Å². The Kier molecular flexibility index (Phi) is 4.13. The molecule has 0 spiro atoms. The molecule has 2 unspecified atom stereocenters. The van der Waals surface area contributed by atoms with Gasteiger partial charge in [-0.1, -0.05) is 0 Å². The van der Waals surface area contributed by atoms with Crippen LogP contribution in [0.25, 0.3) is 0 Å². The van der Waals surface area contributed by atoms with Gasteiger partial charge in [-0.3, -0.25) is 14.9 Å². The van der Waals surface area contributed by atoms with E-state index in [1.54, 1.807) is 6.07 Å². The van der Waals surface area contributed by atoms with Crippen LogP contribution < -0.4 is 10.5 Å². The van der Waals surface area contributed by atoms with E-state index in [0.717, 1.165) is 5.56 Å². The summed E-state index contributed by atoms with van der Waals surface area (Å²) in [4.78, 5) is 22.0. The maximum absolute atomic E-state index is 11.7. The molecule has 1 saturated carbocycles. The maximum Gasteiger partial charge on any atom is 0.325 e. The lowest BCUT2D eigenvalue weighted by Gasteiger charge is -2.21. The van der Waals surface area contributed by atoms with Crippen LogP contribution in [0.2, 0.25) is 0 Å². The van der Waals surface area contributed by atoms with Crippen molar-refractivity contribution < 1.29 is 19.2 Å². The average molecular weight is 294 g/mol. The molecule has 0 heterocycles. The molecule has 0 bridgehead atoms. The first-order valence-electron chi connectivity index (χ1n) is 6.65. The number of benzene rings is 1. The number of esters is 1. The zero-order chi connectivity index (χ0) is 15.6. The summed E-state index contributed by atoms with van der Waals surface area (Å²) in [6.45, 7) is 1.81. The zero-order valence-electron chi connectivity index (χ0n) is 12.0. The normalized spacial score (nSPS) is 24.6. The Morgan fingerprint density at radius 2 is 2.24 bits per heavy atom. The van der Waals surface area contributed by atoms with E-state index in [9.17, 15) is 14.9 Å². The third-order valence-electron chi connectivity index (χ3n) is 3.77. The lowest BCUT2D eigenvalue weighted by atomic mass is 10.00. The SMILES string of the molecule is COC(=O)C1(N)CCC(Oc2cc([N+](=O)[O-])ccc2C)C1. The van der Waals surface area contributed by atoms with Crippen LogP contribution in [0, 0.1) is 17.0 Å². The zero-order valence-corrected chi connectivity index (χ0v) is 12.0. The molecule has 114 valence electrons. The van der Waals surface area contributed by atoms with Crippen molar-refractivity contribution in [3.05, 3.63) is 33.9 Å². The third-order valence-corrected chi connectivity index (χ3v) is 3.77. The molecular weight excluding hydrogens is 276 g/mol.